The third kappa shape index (κ3) is 4.71. The van der Waals surface area contributed by atoms with Crippen LogP contribution in [0, 0.1) is 0 Å². The van der Waals surface area contributed by atoms with E-state index in [-0.39, 0.29) is 0 Å². The summed E-state index contributed by atoms with van der Waals surface area (Å²) in [7, 11) is 0. The summed E-state index contributed by atoms with van der Waals surface area (Å²) < 4.78 is 5.89. The predicted octanol–water partition coefficient (Wildman–Crippen LogP) is 5.68. The molecule has 4 rings (SSSR count). The quantitative estimate of drug-likeness (QED) is 0.284. The largest absolute Gasteiger partial charge is 0.300 e. The lowest BCUT2D eigenvalue weighted by molar-refractivity contribution is 0.602. The lowest BCUT2D eigenvalue weighted by Crippen LogP contribution is -2.08. The monoisotopic (exact) mass is 560 g/mol. The van der Waals surface area contributed by atoms with Crippen LogP contribution in [0.4, 0.5) is 0 Å². The van der Waals surface area contributed by atoms with Crippen molar-refractivity contribution < 1.29 is 0 Å². The minimum atomic E-state index is 0.368. The molecule has 3 aromatic heterocycles. The van der Waals surface area contributed by atoms with Gasteiger partial charge in [-0.1, -0.05) is 39.3 Å². The fourth-order valence-corrected chi connectivity index (χ4v) is 5.02. The van der Waals surface area contributed by atoms with Crippen LogP contribution in [0.25, 0.3) is 17.2 Å². The fraction of sp³-hybridized carbons (Fsp3) is 0.409. The van der Waals surface area contributed by atoms with Crippen molar-refractivity contribution in [2.45, 2.75) is 58.9 Å². The van der Waals surface area contributed by atoms with Crippen LogP contribution in [-0.4, -0.2) is 40.0 Å². The molecule has 1 atom stereocenters. The second-order valence-corrected chi connectivity index (χ2v) is 9.52. The van der Waals surface area contributed by atoms with Crippen molar-refractivity contribution in [3.05, 3.63) is 56.6 Å². The number of rotatable bonds is 9. The molecule has 1 unspecified atom stereocenters. The van der Waals surface area contributed by atoms with E-state index in [2.05, 4.69) is 102 Å². The van der Waals surface area contributed by atoms with Crippen LogP contribution >= 0.6 is 31.9 Å². The Morgan fingerprint density at radius 3 is 2.56 bits per heavy atom. The molecule has 0 spiro atoms. The van der Waals surface area contributed by atoms with Crippen molar-refractivity contribution in [1.82, 2.24) is 40.0 Å². The van der Waals surface area contributed by atoms with Gasteiger partial charge in [-0.15, -0.1) is 10.2 Å². The number of nitrogens with zero attached hydrogens (tertiary/aromatic N) is 7. The Hall–Kier alpha value is -2.33. The van der Waals surface area contributed by atoms with Crippen LogP contribution in [0.3, 0.4) is 0 Å². The van der Waals surface area contributed by atoms with Gasteiger partial charge < -0.3 is 0 Å². The van der Waals surface area contributed by atoms with Gasteiger partial charge in [0.15, 0.2) is 5.82 Å². The van der Waals surface area contributed by atoms with Gasteiger partial charge in [0.2, 0.25) is 5.82 Å². The van der Waals surface area contributed by atoms with E-state index in [1.807, 2.05) is 10.6 Å². The maximum atomic E-state index is 4.85. The first-order valence-corrected chi connectivity index (χ1v) is 12.4. The molecule has 0 aliphatic carbocycles. The highest BCUT2D eigenvalue weighted by molar-refractivity contribution is 9.11. The fourth-order valence-electron chi connectivity index (χ4n) is 3.53. The Morgan fingerprint density at radius 1 is 1.12 bits per heavy atom. The van der Waals surface area contributed by atoms with Gasteiger partial charge in [-0.3, -0.25) is 4.57 Å². The van der Waals surface area contributed by atoms with Crippen LogP contribution in [0.5, 0.6) is 0 Å². The molecule has 8 nitrogen and oxygen atoms in total. The van der Waals surface area contributed by atoms with Gasteiger partial charge in [0.05, 0.1) is 11.1 Å². The van der Waals surface area contributed by atoms with E-state index in [9.17, 15) is 0 Å². The van der Waals surface area contributed by atoms with E-state index >= 15 is 0 Å². The highest BCUT2D eigenvalue weighted by Gasteiger charge is 2.19. The van der Waals surface area contributed by atoms with Gasteiger partial charge in [-0.2, -0.15) is 10.3 Å². The zero-order valence-corrected chi connectivity index (χ0v) is 21.6. The minimum absolute atomic E-state index is 0.368. The average Bonchev–Trinajstić information content (AvgIpc) is 3.51. The number of H-pyrrole nitrogens is 1. The zero-order valence-electron chi connectivity index (χ0n) is 18.4. The summed E-state index contributed by atoms with van der Waals surface area (Å²) in [5.41, 5.74) is 3.00. The molecule has 0 saturated carbocycles. The molecule has 32 heavy (non-hydrogen) atoms. The summed E-state index contributed by atoms with van der Waals surface area (Å²) >= 11 is 7.25. The molecular weight excluding hydrogens is 536 g/mol. The molecule has 0 amide bonds. The van der Waals surface area contributed by atoms with E-state index in [0.29, 0.717) is 18.3 Å². The molecule has 0 bridgehead atoms. The number of aryl methyl sites for hydroxylation is 1. The van der Waals surface area contributed by atoms with Gasteiger partial charge in [0.25, 0.3) is 0 Å². The second kappa shape index (κ2) is 10.1. The second-order valence-electron chi connectivity index (χ2n) is 7.86. The maximum Gasteiger partial charge on any atom is 0.222 e. The van der Waals surface area contributed by atoms with Gasteiger partial charge in [0, 0.05) is 22.5 Å². The molecule has 0 saturated heterocycles. The predicted molar refractivity (Wildman–Crippen MR) is 131 cm³/mol. The van der Waals surface area contributed by atoms with E-state index in [1.165, 1.54) is 5.56 Å². The lowest BCUT2D eigenvalue weighted by atomic mass is 10.1. The van der Waals surface area contributed by atoms with E-state index < -0.39 is 0 Å². The van der Waals surface area contributed by atoms with E-state index in [1.54, 1.807) is 0 Å². The van der Waals surface area contributed by atoms with Crippen LogP contribution in [0.15, 0.2) is 39.4 Å². The first kappa shape index (κ1) is 22.8. The maximum absolute atomic E-state index is 4.85. The van der Waals surface area contributed by atoms with Gasteiger partial charge >= 0.3 is 0 Å². The van der Waals surface area contributed by atoms with Crippen molar-refractivity contribution >= 4 is 31.9 Å². The summed E-state index contributed by atoms with van der Waals surface area (Å²) in [4.78, 5) is 4.85. The molecule has 3 heterocycles. The standard InChI is InChI=1S/C22H26Br2N8/c1-4-6-7-19-25-21(14(3)5-2)28-31(19)13-15-8-10-16(11-9-15)32-18(24)12-17(23)20(32)22-26-29-30-27-22/h8-12,14H,4-7,13H2,1-3H3,(H,26,27,29,30). The van der Waals surface area contributed by atoms with Crippen molar-refractivity contribution in [2.24, 2.45) is 0 Å². The Bertz CT molecular complexity index is 1160. The van der Waals surface area contributed by atoms with Crippen LogP contribution in [0.2, 0.25) is 0 Å². The summed E-state index contributed by atoms with van der Waals surface area (Å²) in [5, 5.41) is 19.3. The van der Waals surface area contributed by atoms with Gasteiger partial charge in [-0.25, -0.2) is 9.67 Å². The van der Waals surface area contributed by atoms with Crippen LogP contribution in [-0.2, 0) is 13.0 Å². The Morgan fingerprint density at radius 2 is 1.91 bits per heavy atom. The number of hydrogen-bond donors (Lipinski definition) is 1. The smallest absolute Gasteiger partial charge is 0.222 e. The normalized spacial score (nSPS) is 12.4. The summed E-state index contributed by atoms with van der Waals surface area (Å²) in [6.07, 6.45) is 4.25. The Balaban J connectivity index is 1.62. The number of unbranched alkanes of at least 4 members (excludes halogenated alkanes) is 1. The molecule has 0 radical (unpaired) electrons. The first-order valence-electron chi connectivity index (χ1n) is 10.8. The van der Waals surface area contributed by atoms with Crippen molar-refractivity contribution in [3.8, 4) is 17.2 Å². The highest BCUT2D eigenvalue weighted by Crippen LogP contribution is 2.35. The van der Waals surface area contributed by atoms with Crippen molar-refractivity contribution in [3.63, 3.8) is 0 Å². The van der Waals surface area contributed by atoms with E-state index in [0.717, 1.165) is 57.8 Å². The zero-order chi connectivity index (χ0) is 22.7. The summed E-state index contributed by atoms with van der Waals surface area (Å²) in [6, 6.07) is 10.4. The average molecular weight is 562 g/mol. The van der Waals surface area contributed by atoms with Crippen molar-refractivity contribution in [1.29, 1.82) is 0 Å². The molecule has 168 valence electrons. The molecular formula is C22H26Br2N8. The Labute approximate surface area is 204 Å². The minimum Gasteiger partial charge on any atom is -0.300 e. The highest BCUT2D eigenvalue weighted by atomic mass is 79.9. The number of aromatic nitrogens is 8. The number of nitrogens with one attached hydrogen (secondary N) is 1. The lowest BCUT2D eigenvalue weighted by Gasteiger charge is -2.11. The molecule has 10 heteroatoms. The number of aromatic amines is 1. The molecule has 0 aliphatic heterocycles. The number of benzene rings is 1. The number of hydrogen-bond acceptors (Lipinski definition) is 5. The third-order valence-corrected chi connectivity index (χ3v) is 6.75. The number of tetrazole rings is 1. The van der Waals surface area contributed by atoms with Crippen LogP contribution < -0.4 is 0 Å². The SMILES string of the molecule is CCCCc1nc(C(C)CC)nn1Cc1ccc(-n2c(Br)cc(Br)c2-c2nn[nH]n2)cc1. The molecule has 0 fully saturated rings. The molecule has 4 aromatic rings. The molecule has 1 aromatic carbocycles. The van der Waals surface area contributed by atoms with E-state index in [4.69, 9.17) is 10.1 Å². The number of halogens is 2. The Kier molecular flexibility index (Phi) is 7.20. The molecule has 1 N–H and O–H groups in total. The van der Waals surface area contributed by atoms with Gasteiger partial charge in [0.1, 0.15) is 11.5 Å². The summed E-state index contributed by atoms with van der Waals surface area (Å²) in [5.74, 6) is 2.91. The topological polar surface area (TPSA) is 90.1 Å². The summed E-state index contributed by atoms with van der Waals surface area (Å²) in [6.45, 7) is 7.27. The van der Waals surface area contributed by atoms with Gasteiger partial charge in [-0.05, 0) is 73.7 Å². The van der Waals surface area contributed by atoms with Crippen LogP contribution in [0.1, 0.15) is 63.2 Å². The van der Waals surface area contributed by atoms with Crippen molar-refractivity contribution in [2.75, 3.05) is 0 Å². The first-order chi connectivity index (χ1) is 15.5. The third-order valence-electron chi connectivity index (χ3n) is 5.57. The molecule has 0 aliphatic rings.